The van der Waals surface area contributed by atoms with E-state index in [0.29, 0.717) is 0 Å². The van der Waals surface area contributed by atoms with Gasteiger partial charge >= 0.3 is 0 Å². The predicted molar refractivity (Wildman–Crippen MR) is 125 cm³/mol. The molecule has 2 saturated heterocycles. The summed E-state index contributed by atoms with van der Waals surface area (Å²) in [5.41, 5.74) is -2.35. The van der Waals surface area contributed by atoms with Crippen LogP contribution < -0.4 is 0 Å². The zero-order valence-corrected chi connectivity index (χ0v) is 21.4. The number of rotatable bonds is 11. The van der Waals surface area contributed by atoms with Crippen LogP contribution in [0.4, 0.5) is 0 Å². The minimum absolute atomic E-state index is 0.639. The van der Waals surface area contributed by atoms with Gasteiger partial charge in [-0.05, 0) is 6.42 Å². The largest absolute Gasteiger partial charge is 0.395 e. The van der Waals surface area contributed by atoms with Crippen molar-refractivity contribution < 1.29 is 85.7 Å². The van der Waals surface area contributed by atoms with E-state index in [0.717, 1.165) is 4.90 Å². The van der Waals surface area contributed by atoms with E-state index in [1.807, 2.05) is 0 Å². The molecule has 0 amide bonds. The molecule has 14 atom stereocenters. The van der Waals surface area contributed by atoms with Gasteiger partial charge in [0, 0.05) is 6.04 Å². The van der Waals surface area contributed by atoms with E-state index in [1.54, 1.807) is 0 Å². The number of aliphatic hydroxyl groups is 14. The van der Waals surface area contributed by atoms with Gasteiger partial charge in [-0.15, -0.1) is 0 Å². The Morgan fingerprint density at radius 3 is 1.88 bits per heavy atom. The maximum atomic E-state index is 11.3. The summed E-state index contributed by atoms with van der Waals surface area (Å²) in [4.78, 5) is 0.980. The lowest BCUT2D eigenvalue weighted by atomic mass is 9.75. The second kappa shape index (κ2) is 13.3. The Bertz CT molecular complexity index is 807. The van der Waals surface area contributed by atoms with E-state index < -0.39 is 137 Å². The van der Waals surface area contributed by atoms with Gasteiger partial charge in [-0.3, -0.25) is 4.90 Å². The fourth-order valence-electron chi connectivity index (χ4n) is 5.48. The van der Waals surface area contributed by atoms with Crippen LogP contribution >= 0.6 is 0 Å². The molecular formula is C22H41NO17. The smallest absolute Gasteiger partial charge is 0.208 e. The summed E-state index contributed by atoms with van der Waals surface area (Å²) in [5.74, 6) is -2.72. The second-order valence-electron chi connectivity index (χ2n) is 10.6. The molecule has 236 valence electrons. The minimum Gasteiger partial charge on any atom is -0.395 e. The third-order valence-electron chi connectivity index (χ3n) is 8.00. The first-order valence-corrected chi connectivity index (χ1v) is 12.7. The zero-order chi connectivity index (χ0) is 30.2. The molecule has 2 aliphatic heterocycles. The SMILES string of the molecule is OCC(CO)N(CC1(O)O[C@H](CO)[C@@H](O[C@@H]2O[C@H](CO)[C@H](O)[C@H](O)[C@H]2O)[C@@H]1O)[C@@H]1C[C@@](O)(CO)[C@H](O)[C@@H](O)[C@@H]1O. The van der Waals surface area contributed by atoms with Crippen molar-refractivity contribution in [3.8, 4) is 0 Å². The van der Waals surface area contributed by atoms with Crippen LogP contribution in [0, 0.1) is 0 Å². The van der Waals surface area contributed by atoms with Crippen LogP contribution in [0.1, 0.15) is 6.42 Å². The van der Waals surface area contributed by atoms with Gasteiger partial charge in [-0.1, -0.05) is 0 Å². The van der Waals surface area contributed by atoms with Crippen molar-refractivity contribution in [1.82, 2.24) is 4.90 Å². The quantitative estimate of drug-likeness (QED) is 0.106. The average Bonchev–Trinajstić information content (AvgIpc) is 3.18. The number of hydrogen-bond acceptors (Lipinski definition) is 18. The van der Waals surface area contributed by atoms with Gasteiger partial charge in [-0.25, -0.2) is 0 Å². The monoisotopic (exact) mass is 591 g/mol. The first-order chi connectivity index (χ1) is 18.7. The fraction of sp³-hybridized carbons (Fsp3) is 1.00. The minimum atomic E-state index is -2.72. The Hall–Kier alpha value is -0.720. The highest BCUT2D eigenvalue weighted by molar-refractivity contribution is 5.08. The Morgan fingerprint density at radius 2 is 1.35 bits per heavy atom. The fourth-order valence-corrected chi connectivity index (χ4v) is 5.48. The van der Waals surface area contributed by atoms with Crippen LogP contribution in [-0.2, 0) is 14.2 Å². The summed E-state index contributed by atoms with van der Waals surface area (Å²) in [6.07, 6.45) is -20.4. The van der Waals surface area contributed by atoms with Crippen molar-refractivity contribution in [2.45, 2.75) is 97.2 Å². The molecule has 2 heterocycles. The lowest BCUT2D eigenvalue weighted by Crippen LogP contribution is -2.70. The second-order valence-corrected chi connectivity index (χ2v) is 10.6. The molecule has 0 radical (unpaired) electrons. The first kappa shape index (κ1) is 33.8. The number of aliphatic hydroxyl groups excluding tert-OH is 12. The van der Waals surface area contributed by atoms with E-state index >= 15 is 0 Å². The van der Waals surface area contributed by atoms with E-state index in [9.17, 15) is 71.5 Å². The van der Waals surface area contributed by atoms with Crippen LogP contribution in [0.2, 0.25) is 0 Å². The summed E-state index contributed by atoms with van der Waals surface area (Å²) in [6.45, 7) is -5.23. The summed E-state index contributed by atoms with van der Waals surface area (Å²) in [6, 6.07) is -2.78. The molecular weight excluding hydrogens is 550 g/mol. The molecule has 0 aromatic heterocycles. The molecule has 1 saturated carbocycles. The number of ether oxygens (including phenoxy) is 3. The molecule has 3 rings (SSSR count). The number of nitrogens with zero attached hydrogens (tertiary/aromatic N) is 1. The lowest BCUT2D eigenvalue weighted by Gasteiger charge is -2.51. The zero-order valence-electron chi connectivity index (χ0n) is 21.4. The Morgan fingerprint density at radius 1 is 0.750 bits per heavy atom. The molecule has 3 fully saturated rings. The normalized spacial score (nSPS) is 48.3. The highest BCUT2D eigenvalue weighted by atomic mass is 16.7. The van der Waals surface area contributed by atoms with Crippen LogP contribution in [0.5, 0.6) is 0 Å². The average molecular weight is 592 g/mol. The first-order valence-electron chi connectivity index (χ1n) is 12.7. The van der Waals surface area contributed by atoms with Gasteiger partial charge < -0.3 is 85.7 Å². The third-order valence-corrected chi connectivity index (χ3v) is 8.00. The summed E-state index contributed by atoms with van der Waals surface area (Å²) in [5, 5.41) is 143. The van der Waals surface area contributed by atoms with Crippen LogP contribution in [-0.4, -0.2) is 207 Å². The molecule has 3 aliphatic rings. The van der Waals surface area contributed by atoms with Gasteiger partial charge in [0.05, 0.1) is 51.7 Å². The van der Waals surface area contributed by atoms with Crippen molar-refractivity contribution >= 4 is 0 Å². The summed E-state index contributed by atoms with van der Waals surface area (Å²) >= 11 is 0. The van der Waals surface area contributed by atoms with Gasteiger partial charge in [-0.2, -0.15) is 0 Å². The molecule has 14 N–H and O–H groups in total. The van der Waals surface area contributed by atoms with Crippen molar-refractivity contribution in [2.75, 3.05) is 39.6 Å². The standard InChI is InChI=1S/C22H41NO17/c24-2-8(3-25)23(9-1-21(36,7-28)18(34)15(32)12(9)29)6-22(37)19(35)17(11(5-27)40-22)39-20-16(33)14(31)13(30)10(4-26)38-20/h8-20,24-37H,1-7H2/t9-,10-,11-,12-,13+,14+,15+,16-,17-,18-,19+,20+,21-,22?/m1/s1. The molecule has 40 heavy (non-hydrogen) atoms. The van der Waals surface area contributed by atoms with Gasteiger partial charge in [0.15, 0.2) is 6.29 Å². The van der Waals surface area contributed by atoms with E-state index in [4.69, 9.17) is 14.2 Å². The maximum Gasteiger partial charge on any atom is 0.208 e. The van der Waals surface area contributed by atoms with Gasteiger partial charge in [0.25, 0.3) is 0 Å². The van der Waals surface area contributed by atoms with Crippen LogP contribution in [0.3, 0.4) is 0 Å². The lowest BCUT2D eigenvalue weighted by molar-refractivity contribution is -0.318. The van der Waals surface area contributed by atoms with Crippen LogP contribution in [0.25, 0.3) is 0 Å². The van der Waals surface area contributed by atoms with E-state index in [2.05, 4.69) is 0 Å². The molecule has 0 bridgehead atoms. The van der Waals surface area contributed by atoms with Gasteiger partial charge in [0.2, 0.25) is 5.79 Å². The Labute approximate surface area is 228 Å². The molecule has 0 aromatic carbocycles. The summed E-state index contributed by atoms with van der Waals surface area (Å²) < 4.78 is 16.2. The predicted octanol–water partition coefficient (Wildman–Crippen LogP) is -9.15. The van der Waals surface area contributed by atoms with Crippen molar-refractivity contribution in [3.05, 3.63) is 0 Å². The molecule has 1 unspecified atom stereocenters. The highest BCUT2D eigenvalue weighted by Gasteiger charge is 2.60. The molecule has 18 nitrogen and oxygen atoms in total. The maximum absolute atomic E-state index is 11.3. The highest BCUT2D eigenvalue weighted by Crippen LogP contribution is 2.38. The molecule has 1 aliphatic carbocycles. The van der Waals surface area contributed by atoms with Crippen molar-refractivity contribution in [2.24, 2.45) is 0 Å². The molecule has 0 aromatic rings. The number of hydrogen-bond donors (Lipinski definition) is 14. The van der Waals surface area contributed by atoms with E-state index in [-0.39, 0.29) is 0 Å². The molecule has 0 spiro atoms. The summed E-state index contributed by atoms with van der Waals surface area (Å²) in [7, 11) is 0. The van der Waals surface area contributed by atoms with Crippen molar-refractivity contribution in [3.63, 3.8) is 0 Å². The van der Waals surface area contributed by atoms with Gasteiger partial charge in [0.1, 0.15) is 60.5 Å². The Kier molecular flexibility index (Phi) is 11.2. The van der Waals surface area contributed by atoms with Crippen LogP contribution in [0.15, 0.2) is 0 Å². The van der Waals surface area contributed by atoms with Crippen molar-refractivity contribution in [1.29, 1.82) is 0 Å². The van der Waals surface area contributed by atoms with E-state index in [1.165, 1.54) is 0 Å². The third kappa shape index (κ3) is 6.16. The topological polar surface area (TPSA) is 314 Å². The Balaban J connectivity index is 1.89. The molecule has 18 heteroatoms.